The van der Waals surface area contributed by atoms with Gasteiger partial charge in [-0.3, -0.25) is 14.6 Å². The summed E-state index contributed by atoms with van der Waals surface area (Å²) in [5.74, 6) is -0.905. The number of benzene rings is 2. The molecule has 0 aliphatic carbocycles. The molecule has 2 saturated heterocycles. The highest BCUT2D eigenvalue weighted by molar-refractivity contribution is 7.92. The second-order valence-corrected chi connectivity index (χ2v) is 11.4. The van der Waals surface area contributed by atoms with E-state index in [2.05, 4.69) is 9.88 Å². The van der Waals surface area contributed by atoms with Gasteiger partial charge in [0.05, 0.1) is 16.1 Å². The van der Waals surface area contributed by atoms with E-state index >= 15 is 0 Å². The van der Waals surface area contributed by atoms with Gasteiger partial charge < -0.3 is 14.7 Å². The summed E-state index contributed by atoms with van der Waals surface area (Å²) in [6.07, 6.45) is 2.89. The summed E-state index contributed by atoms with van der Waals surface area (Å²) in [7, 11) is -5.58. The van der Waals surface area contributed by atoms with Gasteiger partial charge in [0.2, 0.25) is 0 Å². The molecule has 0 atom stereocenters. The molecule has 2 fully saturated rings. The molecule has 3 heterocycles. The van der Waals surface area contributed by atoms with Gasteiger partial charge in [-0.2, -0.15) is 13.2 Å². The molecule has 0 saturated carbocycles. The van der Waals surface area contributed by atoms with Crippen LogP contribution in [0.4, 0.5) is 29.3 Å². The van der Waals surface area contributed by atoms with Crippen LogP contribution in [-0.2, 0) is 21.2 Å². The molecule has 2 aliphatic heterocycles. The zero-order chi connectivity index (χ0) is 29.4. The quantitative estimate of drug-likeness (QED) is 0.407. The van der Waals surface area contributed by atoms with Crippen molar-refractivity contribution in [1.29, 1.82) is 0 Å². The molecular formula is C27H24F3N5O5S. The Morgan fingerprint density at radius 3 is 2.17 bits per heavy atom. The third-order valence-electron chi connectivity index (χ3n) is 6.94. The number of sulfone groups is 1. The lowest BCUT2D eigenvalue weighted by Crippen LogP contribution is -2.49. The van der Waals surface area contributed by atoms with Gasteiger partial charge in [-0.05, 0) is 48.0 Å². The SMILES string of the molecule is O=C(c1cnccc1CN1CC(=O)N(c2ccc(S(=O)(=O)C(F)(F)F)cc2)C1=O)N1CCN(c2ccccc2)CC1. The second kappa shape index (κ2) is 10.8. The van der Waals surface area contributed by atoms with Gasteiger partial charge in [-0.1, -0.05) is 18.2 Å². The number of rotatable bonds is 6. The maximum absolute atomic E-state index is 13.4. The van der Waals surface area contributed by atoms with E-state index in [0.29, 0.717) is 49.4 Å². The van der Waals surface area contributed by atoms with Gasteiger partial charge in [0.1, 0.15) is 6.54 Å². The van der Waals surface area contributed by atoms with E-state index in [-0.39, 0.29) is 24.7 Å². The molecule has 4 amide bonds. The minimum Gasteiger partial charge on any atom is -0.368 e. The molecule has 1 aromatic heterocycles. The monoisotopic (exact) mass is 587 g/mol. The maximum Gasteiger partial charge on any atom is 0.501 e. The van der Waals surface area contributed by atoms with Crippen molar-refractivity contribution in [3.05, 3.63) is 84.2 Å². The fraction of sp³-hybridized carbons (Fsp3) is 0.259. The Bertz CT molecular complexity index is 1570. The highest BCUT2D eigenvalue weighted by Crippen LogP contribution is 2.32. The number of nitrogens with zero attached hydrogens (tertiary/aromatic N) is 5. The molecule has 5 rings (SSSR count). The fourth-order valence-corrected chi connectivity index (χ4v) is 5.53. The van der Waals surface area contributed by atoms with Gasteiger partial charge in [-0.25, -0.2) is 18.1 Å². The van der Waals surface area contributed by atoms with Crippen molar-refractivity contribution in [2.75, 3.05) is 42.5 Å². The Morgan fingerprint density at radius 1 is 0.878 bits per heavy atom. The van der Waals surface area contributed by atoms with E-state index in [0.717, 1.165) is 22.7 Å². The summed E-state index contributed by atoms with van der Waals surface area (Å²) < 4.78 is 61.8. The molecule has 0 spiro atoms. The van der Waals surface area contributed by atoms with Crippen LogP contribution in [-0.4, -0.2) is 79.3 Å². The molecule has 2 aliphatic rings. The van der Waals surface area contributed by atoms with Gasteiger partial charge in [-0.15, -0.1) is 0 Å². The van der Waals surface area contributed by atoms with Crippen LogP contribution in [0.25, 0.3) is 0 Å². The lowest BCUT2D eigenvalue weighted by Gasteiger charge is -2.36. The Morgan fingerprint density at radius 2 is 1.54 bits per heavy atom. The number of alkyl halides is 3. The van der Waals surface area contributed by atoms with Crippen LogP contribution in [0.15, 0.2) is 78.0 Å². The molecule has 14 heteroatoms. The lowest BCUT2D eigenvalue weighted by molar-refractivity contribution is -0.116. The summed E-state index contributed by atoms with van der Waals surface area (Å²) in [4.78, 5) is 48.2. The minimum absolute atomic E-state index is 0.0778. The van der Waals surface area contributed by atoms with Crippen molar-refractivity contribution < 1.29 is 36.0 Å². The second-order valence-electron chi connectivity index (χ2n) is 9.46. The third kappa shape index (κ3) is 5.46. The predicted molar refractivity (Wildman–Crippen MR) is 142 cm³/mol. The summed E-state index contributed by atoms with van der Waals surface area (Å²) in [5, 5.41) is 0. The zero-order valence-corrected chi connectivity index (χ0v) is 22.3. The molecule has 2 aromatic carbocycles. The first-order valence-corrected chi connectivity index (χ1v) is 14.0. The van der Waals surface area contributed by atoms with Crippen molar-refractivity contribution in [3.63, 3.8) is 0 Å². The summed E-state index contributed by atoms with van der Waals surface area (Å²) in [6, 6.07) is 14.0. The molecular weight excluding hydrogens is 563 g/mol. The van der Waals surface area contributed by atoms with Crippen LogP contribution < -0.4 is 9.80 Å². The Hall–Kier alpha value is -4.46. The van der Waals surface area contributed by atoms with Crippen molar-refractivity contribution in [3.8, 4) is 0 Å². The molecule has 0 bridgehead atoms. The number of pyridine rings is 1. The van der Waals surface area contributed by atoms with E-state index in [1.165, 1.54) is 17.3 Å². The molecule has 0 N–H and O–H groups in total. The Kier molecular flexibility index (Phi) is 7.43. The van der Waals surface area contributed by atoms with Crippen molar-refractivity contribution in [1.82, 2.24) is 14.8 Å². The van der Waals surface area contributed by atoms with Crippen LogP contribution in [0.2, 0.25) is 0 Å². The van der Waals surface area contributed by atoms with Crippen LogP contribution in [0, 0.1) is 0 Å². The number of imide groups is 1. The molecule has 0 radical (unpaired) electrons. The number of urea groups is 1. The maximum atomic E-state index is 13.4. The zero-order valence-electron chi connectivity index (χ0n) is 21.5. The molecule has 214 valence electrons. The number of carbonyl (C=O) groups excluding carboxylic acids is 3. The molecule has 10 nitrogen and oxygen atoms in total. The number of carbonyl (C=O) groups is 3. The Balaban J connectivity index is 1.28. The average molecular weight is 588 g/mol. The third-order valence-corrected chi connectivity index (χ3v) is 8.44. The van der Waals surface area contributed by atoms with E-state index in [1.807, 2.05) is 30.3 Å². The number of hydrogen-bond donors (Lipinski definition) is 0. The summed E-state index contributed by atoms with van der Waals surface area (Å²) in [6.45, 7) is 1.82. The first-order valence-electron chi connectivity index (χ1n) is 12.5. The van der Waals surface area contributed by atoms with Crippen molar-refractivity contribution in [2.45, 2.75) is 16.9 Å². The van der Waals surface area contributed by atoms with Gasteiger partial charge in [0.25, 0.3) is 21.7 Å². The van der Waals surface area contributed by atoms with Crippen molar-refractivity contribution >= 4 is 39.1 Å². The number of hydrogen-bond acceptors (Lipinski definition) is 7. The van der Waals surface area contributed by atoms with Crippen LogP contribution in [0.1, 0.15) is 15.9 Å². The van der Waals surface area contributed by atoms with E-state index < -0.39 is 32.2 Å². The summed E-state index contributed by atoms with van der Waals surface area (Å²) in [5.41, 5.74) is -3.73. The van der Waals surface area contributed by atoms with Gasteiger partial charge in [0.15, 0.2) is 0 Å². The summed E-state index contributed by atoms with van der Waals surface area (Å²) >= 11 is 0. The highest BCUT2D eigenvalue weighted by Gasteiger charge is 2.47. The molecule has 3 aromatic rings. The van der Waals surface area contributed by atoms with E-state index in [9.17, 15) is 36.0 Å². The predicted octanol–water partition coefficient (Wildman–Crippen LogP) is 3.31. The van der Waals surface area contributed by atoms with E-state index in [4.69, 9.17) is 0 Å². The van der Waals surface area contributed by atoms with Gasteiger partial charge in [0, 0.05) is 50.8 Å². The number of aromatic nitrogens is 1. The number of halogens is 3. The smallest absolute Gasteiger partial charge is 0.368 e. The topological polar surface area (TPSA) is 111 Å². The first kappa shape index (κ1) is 28.1. The molecule has 41 heavy (non-hydrogen) atoms. The lowest BCUT2D eigenvalue weighted by atomic mass is 10.1. The highest BCUT2D eigenvalue weighted by atomic mass is 32.2. The van der Waals surface area contributed by atoms with Crippen molar-refractivity contribution in [2.24, 2.45) is 0 Å². The van der Waals surface area contributed by atoms with Crippen LogP contribution in [0.3, 0.4) is 0 Å². The first-order chi connectivity index (χ1) is 19.5. The largest absolute Gasteiger partial charge is 0.501 e. The molecule has 0 unspecified atom stereocenters. The normalized spacial score (nSPS) is 16.5. The number of para-hydroxylation sites is 1. The number of piperazine rings is 1. The average Bonchev–Trinajstić information content (AvgIpc) is 3.25. The van der Waals surface area contributed by atoms with Crippen LogP contribution >= 0.6 is 0 Å². The Labute approximate surface area is 233 Å². The standard InChI is InChI=1S/C27H24F3N5O5S/c28-27(29,30)41(39,40)22-8-6-21(7-9-22)35-24(36)18-34(26(35)38)17-19-10-11-31-16-23(19)25(37)33-14-12-32(13-15-33)20-4-2-1-3-5-20/h1-11,16H,12-15,17-18H2. The fourth-order valence-electron chi connectivity index (χ4n) is 4.77. The van der Waals surface area contributed by atoms with Gasteiger partial charge >= 0.3 is 11.5 Å². The number of amides is 4. The van der Waals surface area contributed by atoms with E-state index in [1.54, 1.807) is 11.0 Å². The number of anilines is 2. The minimum atomic E-state index is -5.58. The van der Waals surface area contributed by atoms with Crippen LogP contribution in [0.5, 0.6) is 0 Å².